The first kappa shape index (κ1) is 20.3. The van der Waals surface area contributed by atoms with Crippen molar-refractivity contribution in [3.8, 4) is 0 Å². The first-order valence-electron chi connectivity index (χ1n) is 8.43. The van der Waals surface area contributed by atoms with E-state index in [1.165, 1.54) is 23.8 Å². The molecule has 3 atom stereocenters. The van der Waals surface area contributed by atoms with Crippen molar-refractivity contribution in [2.24, 2.45) is 0 Å². The Morgan fingerprint density at radius 2 is 2.08 bits per heavy atom. The zero-order chi connectivity index (χ0) is 19.9. The van der Waals surface area contributed by atoms with E-state index < -0.39 is 38.2 Å². The molecule has 0 aliphatic carbocycles. The monoisotopic (exact) mass is 381 g/mol. The molecule has 26 heavy (non-hydrogen) atoms. The fourth-order valence-corrected chi connectivity index (χ4v) is 3.51. The van der Waals surface area contributed by atoms with E-state index in [0.717, 1.165) is 0 Å². The number of ether oxygens (including phenoxy) is 1. The van der Waals surface area contributed by atoms with Gasteiger partial charge in [-0.3, -0.25) is 9.36 Å². The second-order valence-corrected chi connectivity index (χ2v) is 12.7. The molecule has 9 heteroatoms. The Balaban J connectivity index is 2.42. The fraction of sp³-hybridized carbons (Fsp3) is 0.588. The van der Waals surface area contributed by atoms with Crippen molar-refractivity contribution in [3.05, 3.63) is 34.6 Å². The van der Waals surface area contributed by atoms with Gasteiger partial charge in [-0.1, -0.05) is 20.8 Å². The van der Waals surface area contributed by atoms with Crippen LogP contribution in [0.3, 0.4) is 0 Å². The predicted molar refractivity (Wildman–Crippen MR) is 99.9 cm³/mol. The molecule has 1 aliphatic rings. The molecule has 0 saturated heterocycles. The first-order chi connectivity index (χ1) is 11.8. The lowest BCUT2D eigenvalue weighted by atomic mass is 10.2. The minimum Gasteiger partial charge on any atom is -0.468 e. The molecule has 144 valence electrons. The number of hydrogen-bond donors (Lipinski definition) is 2. The van der Waals surface area contributed by atoms with Crippen molar-refractivity contribution >= 4 is 19.9 Å². The second-order valence-electron chi connectivity index (χ2n) is 7.98. The van der Waals surface area contributed by atoms with Gasteiger partial charge >= 0.3 is 5.69 Å². The summed E-state index contributed by atoms with van der Waals surface area (Å²) in [5.74, 6) is -0.274. The minimum atomic E-state index is -2.22. The number of rotatable bonds is 5. The van der Waals surface area contributed by atoms with Gasteiger partial charge < -0.3 is 20.0 Å². The molecule has 0 bridgehead atoms. The number of Topliss-reactive ketones (excluding diaryl/α,β-unsaturated/α-hetero) is 1. The molecule has 1 unspecified atom stereocenters. The minimum absolute atomic E-state index is 0.0718. The Morgan fingerprint density at radius 3 is 2.58 bits per heavy atom. The van der Waals surface area contributed by atoms with Gasteiger partial charge in [0, 0.05) is 6.20 Å². The van der Waals surface area contributed by atoms with Gasteiger partial charge in [-0.25, -0.2) is 4.79 Å². The van der Waals surface area contributed by atoms with Crippen molar-refractivity contribution < 1.29 is 19.1 Å². The van der Waals surface area contributed by atoms with Crippen LogP contribution >= 0.6 is 0 Å². The maximum Gasteiger partial charge on any atom is 0.352 e. The molecular formula is C17H27N3O5Si. The van der Waals surface area contributed by atoms with Crippen molar-refractivity contribution in [1.29, 1.82) is 0 Å². The van der Waals surface area contributed by atoms with Crippen LogP contribution in [0, 0.1) is 0 Å². The Morgan fingerprint density at radius 1 is 1.46 bits per heavy atom. The molecule has 0 aromatic carbocycles. The van der Waals surface area contributed by atoms with Gasteiger partial charge in [-0.2, -0.15) is 4.98 Å². The third kappa shape index (κ3) is 4.05. The largest absolute Gasteiger partial charge is 0.468 e. The van der Waals surface area contributed by atoms with Gasteiger partial charge in [-0.15, -0.1) is 0 Å². The zero-order valence-electron chi connectivity index (χ0n) is 16.0. The second kappa shape index (κ2) is 6.97. The fourth-order valence-electron chi connectivity index (χ4n) is 2.29. The summed E-state index contributed by atoms with van der Waals surface area (Å²) >= 11 is 0. The van der Waals surface area contributed by atoms with E-state index in [-0.39, 0.29) is 16.6 Å². The molecule has 0 fully saturated rings. The lowest BCUT2D eigenvalue weighted by Crippen LogP contribution is -2.46. The average molecular weight is 382 g/mol. The molecular weight excluding hydrogens is 354 g/mol. The summed E-state index contributed by atoms with van der Waals surface area (Å²) in [6.45, 7) is 11.7. The molecule has 0 spiro atoms. The van der Waals surface area contributed by atoms with E-state index in [2.05, 4.69) is 38.8 Å². The van der Waals surface area contributed by atoms with Gasteiger partial charge in [0.25, 0.3) is 0 Å². The molecule has 1 aliphatic heterocycles. The normalized spacial score (nSPS) is 21.9. The van der Waals surface area contributed by atoms with Gasteiger partial charge in [0.1, 0.15) is 17.7 Å². The summed E-state index contributed by atoms with van der Waals surface area (Å²) < 4.78 is 13.4. The quantitative estimate of drug-likeness (QED) is 0.744. The van der Waals surface area contributed by atoms with Crippen LogP contribution in [-0.2, 0) is 14.0 Å². The molecule has 1 aromatic rings. The molecule has 0 saturated carbocycles. The van der Waals surface area contributed by atoms with Crippen LogP contribution in [0.5, 0.6) is 0 Å². The average Bonchev–Trinajstić information content (AvgIpc) is 2.88. The highest BCUT2D eigenvalue weighted by atomic mass is 28.4. The molecule has 2 heterocycles. The standard InChI is InChI=1S/C17H27N3O5Si/c1-10(21)14(22)11-9-12(25-26(5,6)17(2,3)4)15(24-11)20-8-7-13(18)19-16(20)23/h7-9,12,14-15,22H,1-6H3,(H2,18,19,23)/t12-,14?,15-/m1/s1. The summed E-state index contributed by atoms with van der Waals surface area (Å²) in [6, 6.07) is 1.48. The van der Waals surface area contributed by atoms with Crippen LogP contribution in [0.25, 0.3) is 0 Å². The number of aliphatic hydroxyl groups is 1. The summed E-state index contributed by atoms with van der Waals surface area (Å²) in [7, 11) is -2.22. The number of anilines is 1. The number of nitrogens with zero attached hydrogens (tertiary/aromatic N) is 2. The number of ketones is 1. The van der Waals surface area contributed by atoms with Crippen LogP contribution in [0.4, 0.5) is 5.82 Å². The topological polar surface area (TPSA) is 117 Å². The smallest absolute Gasteiger partial charge is 0.352 e. The number of hydrogen-bond acceptors (Lipinski definition) is 7. The molecule has 0 amide bonds. The van der Waals surface area contributed by atoms with E-state index >= 15 is 0 Å². The molecule has 0 radical (unpaired) electrons. The van der Waals surface area contributed by atoms with Gasteiger partial charge in [0.15, 0.2) is 20.2 Å². The SMILES string of the molecule is CC(=O)C(O)C1=C[C@@H](O[Si](C)(C)C(C)(C)C)[C@H](n2ccc(N)nc2=O)O1. The third-order valence-corrected chi connectivity index (χ3v) is 9.36. The van der Waals surface area contributed by atoms with Crippen LogP contribution < -0.4 is 11.4 Å². The van der Waals surface area contributed by atoms with E-state index in [9.17, 15) is 14.7 Å². The maximum absolute atomic E-state index is 12.2. The van der Waals surface area contributed by atoms with Gasteiger partial charge in [-0.05, 0) is 37.2 Å². The van der Waals surface area contributed by atoms with E-state index in [1.54, 1.807) is 6.08 Å². The van der Waals surface area contributed by atoms with Crippen molar-refractivity contribution in [2.75, 3.05) is 5.73 Å². The Bertz CT molecular complexity index is 781. The molecule has 2 rings (SSSR count). The van der Waals surface area contributed by atoms with E-state index in [0.29, 0.717) is 0 Å². The van der Waals surface area contributed by atoms with E-state index in [1.807, 2.05) is 0 Å². The summed E-state index contributed by atoms with van der Waals surface area (Å²) in [5.41, 5.74) is 4.96. The highest BCUT2D eigenvalue weighted by Gasteiger charge is 2.44. The number of nitrogen functional groups attached to an aromatic ring is 1. The lowest BCUT2D eigenvalue weighted by Gasteiger charge is -2.39. The summed E-state index contributed by atoms with van der Waals surface area (Å²) in [4.78, 5) is 27.5. The number of nitrogens with two attached hydrogens (primary N) is 1. The highest BCUT2D eigenvalue weighted by molar-refractivity contribution is 6.74. The molecule has 8 nitrogen and oxygen atoms in total. The van der Waals surface area contributed by atoms with Gasteiger partial charge in [0.05, 0.1) is 0 Å². The Hall–Kier alpha value is -1.97. The zero-order valence-corrected chi connectivity index (χ0v) is 17.0. The first-order valence-corrected chi connectivity index (χ1v) is 11.3. The van der Waals surface area contributed by atoms with Crippen molar-refractivity contribution in [1.82, 2.24) is 9.55 Å². The van der Waals surface area contributed by atoms with Crippen LogP contribution in [0.2, 0.25) is 18.1 Å². The summed E-state index contributed by atoms with van der Waals surface area (Å²) in [5, 5.41) is 10.00. The number of carbonyl (C=O) groups is 1. The number of carbonyl (C=O) groups excluding carboxylic acids is 1. The Kier molecular flexibility index (Phi) is 5.46. The van der Waals surface area contributed by atoms with E-state index in [4.69, 9.17) is 14.9 Å². The Labute approximate surface area is 153 Å². The summed E-state index contributed by atoms with van der Waals surface area (Å²) in [6.07, 6.45) is 0.133. The van der Waals surface area contributed by atoms with Gasteiger partial charge in [0.2, 0.25) is 6.23 Å². The van der Waals surface area contributed by atoms with Crippen LogP contribution in [-0.4, -0.2) is 41.0 Å². The highest BCUT2D eigenvalue weighted by Crippen LogP contribution is 2.41. The van der Waals surface area contributed by atoms with Crippen molar-refractivity contribution in [2.45, 2.75) is 64.3 Å². The van der Waals surface area contributed by atoms with Crippen molar-refractivity contribution in [3.63, 3.8) is 0 Å². The maximum atomic E-state index is 12.2. The van der Waals surface area contributed by atoms with Crippen LogP contribution in [0.15, 0.2) is 28.9 Å². The molecule has 1 aromatic heterocycles. The molecule has 3 N–H and O–H groups in total. The number of aliphatic hydroxyl groups excluding tert-OH is 1. The predicted octanol–water partition coefficient (Wildman–Crippen LogP) is 1.58. The number of aromatic nitrogens is 2. The van der Waals surface area contributed by atoms with Crippen LogP contribution in [0.1, 0.15) is 33.9 Å². The lowest BCUT2D eigenvalue weighted by molar-refractivity contribution is -0.125. The third-order valence-electron chi connectivity index (χ3n) is 4.88.